The highest BCUT2D eigenvalue weighted by Gasteiger charge is 2.36. The highest BCUT2D eigenvalue weighted by atomic mass is 32.2. The molecule has 1 saturated heterocycles. The van der Waals surface area contributed by atoms with Crippen LogP contribution in [0.2, 0.25) is 0 Å². The number of carbonyl (C=O) groups excluding carboxylic acids is 2. The number of benzene rings is 3. The number of nitrogens with zero attached hydrogens (tertiary/aromatic N) is 1. The molecule has 0 spiro atoms. The van der Waals surface area contributed by atoms with Gasteiger partial charge in [-0.15, -0.1) is 0 Å². The van der Waals surface area contributed by atoms with Gasteiger partial charge in [0.05, 0.1) is 16.2 Å². The number of hydrogen-bond acceptors (Lipinski definition) is 5. The third kappa shape index (κ3) is 6.25. The number of amides is 2. The molecule has 1 aliphatic rings. The second kappa shape index (κ2) is 11.0. The van der Waals surface area contributed by atoms with E-state index in [1.807, 2.05) is 32.9 Å². The monoisotopic (exact) mass is 556 g/mol. The van der Waals surface area contributed by atoms with Crippen molar-refractivity contribution >= 4 is 57.6 Å². The largest absolute Gasteiger partial charge is 0.484 e. The number of carbonyl (C=O) groups is 2. The van der Waals surface area contributed by atoms with Gasteiger partial charge in [-0.05, 0) is 73.9 Å². The van der Waals surface area contributed by atoms with E-state index in [1.165, 1.54) is 12.1 Å². The van der Waals surface area contributed by atoms with Crippen molar-refractivity contribution in [1.82, 2.24) is 0 Å². The number of halogens is 3. The van der Waals surface area contributed by atoms with Gasteiger partial charge >= 0.3 is 6.18 Å². The zero-order valence-corrected chi connectivity index (χ0v) is 22.3. The summed E-state index contributed by atoms with van der Waals surface area (Å²) in [5, 5.41) is 2.88. The maximum absolute atomic E-state index is 13.1. The third-order valence-electron chi connectivity index (χ3n) is 5.69. The van der Waals surface area contributed by atoms with Gasteiger partial charge in [0, 0.05) is 5.69 Å². The normalized spacial score (nSPS) is 14.8. The second-order valence-electron chi connectivity index (χ2n) is 8.75. The van der Waals surface area contributed by atoms with Crippen LogP contribution in [0.3, 0.4) is 0 Å². The number of rotatable bonds is 6. The Morgan fingerprint density at radius 2 is 1.74 bits per heavy atom. The van der Waals surface area contributed by atoms with Crippen LogP contribution in [0.15, 0.2) is 65.6 Å². The fraction of sp³-hybridized carbons (Fsp3) is 0.179. The van der Waals surface area contributed by atoms with Gasteiger partial charge in [0.2, 0.25) is 0 Å². The molecule has 3 aromatic rings. The lowest BCUT2D eigenvalue weighted by Crippen LogP contribution is -2.27. The summed E-state index contributed by atoms with van der Waals surface area (Å²) in [6, 6.07) is 15.2. The minimum absolute atomic E-state index is 0.0490. The minimum Gasteiger partial charge on any atom is -0.484 e. The Morgan fingerprint density at radius 3 is 2.42 bits per heavy atom. The molecule has 0 aromatic heterocycles. The van der Waals surface area contributed by atoms with E-state index in [2.05, 4.69) is 5.32 Å². The molecular formula is C28H23F3N2O3S2. The first-order valence-corrected chi connectivity index (χ1v) is 12.7. The van der Waals surface area contributed by atoms with Crippen LogP contribution in [-0.2, 0) is 15.8 Å². The van der Waals surface area contributed by atoms with E-state index in [0.29, 0.717) is 11.3 Å². The summed E-state index contributed by atoms with van der Waals surface area (Å²) in [6.07, 6.45) is -2.96. The summed E-state index contributed by atoms with van der Waals surface area (Å²) in [7, 11) is 0. The number of alkyl halides is 3. The molecule has 0 radical (unpaired) electrons. The highest BCUT2D eigenvalue weighted by molar-refractivity contribution is 8.27. The maximum atomic E-state index is 13.1. The summed E-state index contributed by atoms with van der Waals surface area (Å²) in [5.74, 6) is -0.416. The summed E-state index contributed by atoms with van der Waals surface area (Å²) >= 11 is 6.28. The van der Waals surface area contributed by atoms with Crippen LogP contribution in [0.5, 0.6) is 5.75 Å². The van der Waals surface area contributed by atoms with Gasteiger partial charge in [0.15, 0.2) is 10.9 Å². The van der Waals surface area contributed by atoms with Gasteiger partial charge < -0.3 is 10.1 Å². The van der Waals surface area contributed by atoms with Crippen LogP contribution >= 0.6 is 24.0 Å². The lowest BCUT2D eigenvalue weighted by molar-refractivity contribution is -0.137. The van der Waals surface area contributed by atoms with E-state index in [0.717, 1.165) is 51.2 Å². The topological polar surface area (TPSA) is 58.6 Å². The number of anilines is 2. The van der Waals surface area contributed by atoms with Gasteiger partial charge in [0.1, 0.15) is 5.75 Å². The predicted molar refractivity (Wildman–Crippen MR) is 148 cm³/mol. The minimum atomic E-state index is -4.54. The lowest BCUT2D eigenvalue weighted by Gasteiger charge is -2.16. The zero-order chi connectivity index (χ0) is 27.6. The van der Waals surface area contributed by atoms with Crippen molar-refractivity contribution in [3.05, 3.63) is 93.4 Å². The fourth-order valence-corrected chi connectivity index (χ4v) is 5.36. The van der Waals surface area contributed by atoms with Crippen LogP contribution in [0.25, 0.3) is 6.08 Å². The van der Waals surface area contributed by atoms with Gasteiger partial charge in [-0.1, -0.05) is 59.9 Å². The molecule has 1 aliphatic heterocycles. The molecule has 3 aromatic carbocycles. The Bertz CT molecular complexity index is 1440. The molecule has 1 N–H and O–H groups in total. The molecule has 0 aliphatic carbocycles. The molecule has 5 nitrogen and oxygen atoms in total. The molecule has 196 valence electrons. The van der Waals surface area contributed by atoms with Crippen molar-refractivity contribution in [3.8, 4) is 5.75 Å². The first-order valence-electron chi connectivity index (χ1n) is 11.5. The molecule has 0 saturated carbocycles. The van der Waals surface area contributed by atoms with Crippen LogP contribution in [0.1, 0.15) is 27.8 Å². The zero-order valence-electron chi connectivity index (χ0n) is 20.7. The SMILES string of the molecule is Cc1cc(C)c(NC(=O)COc2cccc(/C=C3\SC(=S)N(c4cccc(C(F)(F)F)c4)C3=O)c2)c(C)c1. The third-order valence-corrected chi connectivity index (χ3v) is 6.99. The Balaban J connectivity index is 1.45. The average Bonchev–Trinajstić information content (AvgIpc) is 3.12. The Labute approximate surface area is 227 Å². The van der Waals surface area contributed by atoms with Crippen molar-refractivity contribution in [2.45, 2.75) is 26.9 Å². The summed E-state index contributed by atoms with van der Waals surface area (Å²) < 4.78 is 45.2. The summed E-state index contributed by atoms with van der Waals surface area (Å²) in [5.41, 5.74) is 3.57. The van der Waals surface area contributed by atoms with Gasteiger partial charge in [-0.3, -0.25) is 14.5 Å². The van der Waals surface area contributed by atoms with Gasteiger partial charge in [-0.2, -0.15) is 13.2 Å². The second-order valence-corrected chi connectivity index (χ2v) is 10.4. The van der Waals surface area contributed by atoms with Crippen molar-refractivity contribution in [2.75, 3.05) is 16.8 Å². The van der Waals surface area contributed by atoms with Crippen molar-refractivity contribution in [1.29, 1.82) is 0 Å². The molecule has 38 heavy (non-hydrogen) atoms. The highest BCUT2D eigenvalue weighted by Crippen LogP contribution is 2.38. The van der Waals surface area contributed by atoms with Gasteiger partial charge in [-0.25, -0.2) is 0 Å². The Hall–Kier alpha value is -3.63. The van der Waals surface area contributed by atoms with E-state index in [1.54, 1.807) is 30.3 Å². The molecular weight excluding hydrogens is 533 g/mol. The van der Waals surface area contributed by atoms with Crippen LogP contribution in [0.4, 0.5) is 24.5 Å². The number of hydrogen-bond donors (Lipinski definition) is 1. The summed E-state index contributed by atoms with van der Waals surface area (Å²) in [4.78, 5) is 26.8. The first-order chi connectivity index (χ1) is 17.9. The predicted octanol–water partition coefficient (Wildman–Crippen LogP) is 7.05. The summed E-state index contributed by atoms with van der Waals surface area (Å²) in [6.45, 7) is 5.63. The smallest absolute Gasteiger partial charge is 0.416 e. The lowest BCUT2D eigenvalue weighted by atomic mass is 10.1. The van der Waals surface area contributed by atoms with Crippen LogP contribution in [-0.4, -0.2) is 22.7 Å². The number of ether oxygens (including phenoxy) is 1. The van der Waals surface area contributed by atoms with E-state index < -0.39 is 17.6 Å². The van der Waals surface area contributed by atoms with Crippen molar-refractivity contribution in [3.63, 3.8) is 0 Å². The fourth-order valence-electron chi connectivity index (χ4n) is 4.06. The molecule has 0 atom stereocenters. The van der Waals surface area contributed by atoms with Crippen molar-refractivity contribution in [2.24, 2.45) is 0 Å². The van der Waals surface area contributed by atoms with E-state index in [4.69, 9.17) is 17.0 Å². The number of aryl methyl sites for hydroxylation is 3. The average molecular weight is 557 g/mol. The number of thioether (sulfide) groups is 1. The molecule has 10 heteroatoms. The van der Waals surface area contributed by atoms with Gasteiger partial charge in [0.25, 0.3) is 11.8 Å². The number of thiocarbonyl (C=S) groups is 1. The molecule has 4 rings (SSSR count). The van der Waals surface area contributed by atoms with E-state index in [-0.39, 0.29) is 27.4 Å². The van der Waals surface area contributed by atoms with Crippen LogP contribution < -0.4 is 15.0 Å². The van der Waals surface area contributed by atoms with Crippen LogP contribution in [0, 0.1) is 20.8 Å². The standard InChI is InChI=1S/C28H23F3N2O3S2/c1-16-10-17(2)25(18(3)11-16)32-24(34)15-36-22-9-4-6-19(12-22)13-23-26(35)33(27(37)38-23)21-8-5-7-20(14-21)28(29,30)31/h4-14H,15H2,1-3H3,(H,32,34)/b23-13-. The molecule has 1 fully saturated rings. The first kappa shape index (κ1) is 27.4. The molecule has 2 amide bonds. The van der Waals surface area contributed by atoms with E-state index in [9.17, 15) is 22.8 Å². The van der Waals surface area contributed by atoms with E-state index >= 15 is 0 Å². The number of nitrogens with one attached hydrogen (secondary N) is 1. The molecule has 0 bridgehead atoms. The molecule has 1 heterocycles. The quantitative estimate of drug-likeness (QED) is 0.260. The maximum Gasteiger partial charge on any atom is 0.416 e. The molecule has 0 unspecified atom stereocenters. The Morgan fingerprint density at radius 1 is 1.05 bits per heavy atom. The Kier molecular flexibility index (Phi) is 7.94. The van der Waals surface area contributed by atoms with Crippen molar-refractivity contribution < 1.29 is 27.5 Å².